The Labute approximate surface area is 159 Å². The van der Waals surface area contributed by atoms with E-state index in [4.69, 9.17) is 18.5 Å². The van der Waals surface area contributed by atoms with Crippen LogP contribution in [0.2, 0.25) is 0 Å². The zero-order chi connectivity index (χ0) is 20.5. The number of phosphoric ester groups is 1. The van der Waals surface area contributed by atoms with Crippen molar-refractivity contribution in [1.29, 1.82) is 0 Å². The topological polar surface area (TPSA) is 170 Å². The Bertz CT molecular complexity index is 841. The van der Waals surface area contributed by atoms with Gasteiger partial charge in [0.15, 0.2) is 6.23 Å². The van der Waals surface area contributed by atoms with Crippen LogP contribution in [0.15, 0.2) is 21.9 Å². The van der Waals surface area contributed by atoms with Gasteiger partial charge in [0, 0.05) is 18.7 Å². The summed E-state index contributed by atoms with van der Waals surface area (Å²) < 4.78 is 34.1. The summed E-state index contributed by atoms with van der Waals surface area (Å²) >= 11 is 0. The Morgan fingerprint density at radius 2 is 2.14 bits per heavy atom. The number of nitrogens with zero attached hydrogens (tertiary/aromatic N) is 1. The van der Waals surface area contributed by atoms with Crippen molar-refractivity contribution in [3.63, 3.8) is 0 Å². The van der Waals surface area contributed by atoms with Crippen LogP contribution < -0.4 is 11.2 Å². The lowest BCUT2D eigenvalue weighted by Crippen LogP contribution is -2.38. The fourth-order valence-electron chi connectivity index (χ4n) is 3.20. The molecule has 0 spiro atoms. The number of rotatable bonds is 7. The summed E-state index contributed by atoms with van der Waals surface area (Å²) in [5.41, 5.74) is -1.41. The van der Waals surface area contributed by atoms with E-state index in [0.717, 1.165) is 16.8 Å². The van der Waals surface area contributed by atoms with Gasteiger partial charge in [0.2, 0.25) is 0 Å². The minimum atomic E-state index is -4.59. The molecule has 1 aromatic rings. The van der Waals surface area contributed by atoms with Gasteiger partial charge in [0.1, 0.15) is 12.2 Å². The summed E-state index contributed by atoms with van der Waals surface area (Å²) in [5, 5.41) is 19.9. The molecule has 2 aliphatic heterocycles. The molecule has 1 aromatic heterocycles. The molecular weight excluding hydrogens is 399 g/mol. The Morgan fingerprint density at radius 1 is 1.39 bits per heavy atom. The largest absolute Gasteiger partial charge is 0.472 e. The lowest BCUT2D eigenvalue weighted by Gasteiger charge is -2.23. The lowest BCUT2D eigenvalue weighted by atomic mass is 10.1. The number of aliphatic hydroxyl groups excluding tert-OH is 2. The van der Waals surface area contributed by atoms with E-state index in [-0.39, 0.29) is 19.6 Å². The fraction of sp³-hybridized carbons (Fsp3) is 0.733. The van der Waals surface area contributed by atoms with Crippen molar-refractivity contribution in [2.75, 3.05) is 13.2 Å². The second-order valence-electron chi connectivity index (χ2n) is 6.66. The molecule has 0 aromatic carbocycles. The van der Waals surface area contributed by atoms with E-state index in [1.54, 1.807) is 6.92 Å². The highest BCUT2D eigenvalue weighted by atomic mass is 31.2. The summed E-state index contributed by atoms with van der Waals surface area (Å²) in [6, 6.07) is 1.09. The Kier molecular flexibility index (Phi) is 6.52. The first-order valence-electron chi connectivity index (χ1n) is 8.80. The van der Waals surface area contributed by atoms with E-state index < -0.39 is 55.8 Å². The standard InChI is InChI=1S/C15H23N2O10P/c1-2-10-13(27-28(22,23)25-7-9-5-8(18)6-24-9)12(20)14(26-10)17-4-3-11(19)16-15(17)21/h3-4,8-10,12-14,18,20H,2,5-7H2,1H3,(H,22,23)(H,16,19,21)/t8-,9+,10-,12-,13-,14-/m1/s1. The van der Waals surface area contributed by atoms with E-state index in [0.29, 0.717) is 6.42 Å². The molecule has 3 rings (SSSR count). The molecule has 12 nitrogen and oxygen atoms in total. The van der Waals surface area contributed by atoms with Gasteiger partial charge in [0.25, 0.3) is 5.56 Å². The van der Waals surface area contributed by atoms with Crippen molar-refractivity contribution >= 4 is 7.82 Å². The van der Waals surface area contributed by atoms with Crippen LogP contribution in [0.5, 0.6) is 0 Å². The van der Waals surface area contributed by atoms with Crippen molar-refractivity contribution in [2.45, 2.75) is 56.5 Å². The number of hydrogen-bond acceptors (Lipinski definition) is 9. The third-order valence-electron chi connectivity index (χ3n) is 4.57. The smallest absolute Gasteiger partial charge is 0.391 e. The average molecular weight is 422 g/mol. The van der Waals surface area contributed by atoms with Gasteiger partial charge in [-0.1, -0.05) is 6.92 Å². The van der Waals surface area contributed by atoms with E-state index >= 15 is 0 Å². The molecule has 28 heavy (non-hydrogen) atoms. The summed E-state index contributed by atoms with van der Waals surface area (Å²) in [4.78, 5) is 35.2. The molecule has 0 radical (unpaired) electrons. The highest BCUT2D eigenvalue weighted by Crippen LogP contribution is 2.49. The SMILES string of the molecule is CC[C@H]1O[C@@H](n2ccc(=O)[nH]c2=O)[C@H](O)[C@@H]1OP(=O)(O)OC[C@@H]1C[C@@H](O)CO1. The molecule has 0 saturated carbocycles. The number of hydrogen-bond donors (Lipinski definition) is 4. The first-order valence-corrected chi connectivity index (χ1v) is 10.3. The molecule has 4 N–H and O–H groups in total. The molecule has 0 amide bonds. The van der Waals surface area contributed by atoms with Crippen LogP contribution in [0.1, 0.15) is 26.0 Å². The van der Waals surface area contributed by atoms with Crippen LogP contribution in [-0.4, -0.2) is 68.4 Å². The van der Waals surface area contributed by atoms with Crippen LogP contribution >= 0.6 is 7.82 Å². The molecule has 7 atom stereocenters. The van der Waals surface area contributed by atoms with Crippen molar-refractivity contribution in [1.82, 2.24) is 9.55 Å². The number of aliphatic hydroxyl groups is 2. The molecule has 2 fully saturated rings. The number of aromatic nitrogens is 2. The Balaban J connectivity index is 1.68. The number of nitrogens with one attached hydrogen (secondary N) is 1. The monoisotopic (exact) mass is 422 g/mol. The Hall–Kier alpha value is -1.37. The Morgan fingerprint density at radius 3 is 2.75 bits per heavy atom. The first kappa shape index (κ1) is 21.3. The van der Waals surface area contributed by atoms with Gasteiger partial charge >= 0.3 is 13.5 Å². The lowest BCUT2D eigenvalue weighted by molar-refractivity contribution is -0.0405. The molecule has 3 heterocycles. The average Bonchev–Trinajstić information content (AvgIpc) is 3.17. The van der Waals surface area contributed by atoms with Crippen molar-refractivity contribution in [3.8, 4) is 0 Å². The minimum Gasteiger partial charge on any atom is -0.391 e. The maximum absolute atomic E-state index is 12.3. The molecule has 1 unspecified atom stereocenters. The minimum absolute atomic E-state index is 0.118. The van der Waals surface area contributed by atoms with E-state index in [1.165, 1.54) is 0 Å². The summed E-state index contributed by atoms with van der Waals surface area (Å²) in [7, 11) is -4.59. The highest BCUT2D eigenvalue weighted by molar-refractivity contribution is 7.47. The van der Waals surface area contributed by atoms with Gasteiger partial charge < -0.3 is 24.6 Å². The second kappa shape index (κ2) is 8.56. The number of phosphoric acid groups is 1. The van der Waals surface area contributed by atoms with Gasteiger partial charge in [-0.05, 0) is 6.42 Å². The van der Waals surface area contributed by atoms with Gasteiger partial charge in [-0.2, -0.15) is 0 Å². The van der Waals surface area contributed by atoms with Crippen LogP contribution in [-0.2, 0) is 23.1 Å². The van der Waals surface area contributed by atoms with Crippen LogP contribution in [0.25, 0.3) is 0 Å². The summed E-state index contributed by atoms with van der Waals surface area (Å²) in [5.74, 6) is 0. The molecular formula is C15H23N2O10P. The quantitative estimate of drug-likeness (QED) is 0.394. The molecule has 2 saturated heterocycles. The maximum Gasteiger partial charge on any atom is 0.472 e. The normalized spacial score (nSPS) is 35.1. The molecule has 0 bridgehead atoms. The van der Waals surface area contributed by atoms with Gasteiger partial charge in [0.05, 0.1) is 31.5 Å². The van der Waals surface area contributed by atoms with Gasteiger partial charge in [-0.15, -0.1) is 0 Å². The predicted molar refractivity (Wildman–Crippen MR) is 92.5 cm³/mol. The zero-order valence-corrected chi connectivity index (χ0v) is 15.9. The van der Waals surface area contributed by atoms with Crippen molar-refractivity contribution in [2.24, 2.45) is 0 Å². The maximum atomic E-state index is 12.3. The van der Waals surface area contributed by atoms with E-state index in [9.17, 15) is 29.3 Å². The summed E-state index contributed by atoms with van der Waals surface area (Å²) in [6.45, 7) is 1.56. The van der Waals surface area contributed by atoms with Crippen LogP contribution in [0.4, 0.5) is 0 Å². The van der Waals surface area contributed by atoms with Crippen LogP contribution in [0.3, 0.4) is 0 Å². The summed E-state index contributed by atoms with van der Waals surface area (Å²) in [6.07, 6.45) is -4.20. The molecule has 158 valence electrons. The third-order valence-corrected chi connectivity index (χ3v) is 5.56. The van der Waals surface area contributed by atoms with E-state index in [2.05, 4.69) is 0 Å². The highest BCUT2D eigenvalue weighted by Gasteiger charge is 2.48. The first-order chi connectivity index (χ1) is 13.2. The second-order valence-corrected chi connectivity index (χ2v) is 8.07. The zero-order valence-electron chi connectivity index (χ0n) is 15.0. The molecule has 2 aliphatic rings. The number of ether oxygens (including phenoxy) is 2. The van der Waals surface area contributed by atoms with Gasteiger partial charge in [-0.3, -0.25) is 23.4 Å². The van der Waals surface area contributed by atoms with E-state index in [1.807, 2.05) is 4.98 Å². The predicted octanol–water partition coefficient (Wildman–Crippen LogP) is -1.14. The fourth-order valence-corrected chi connectivity index (χ4v) is 4.18. The molecule has 13 heteroatoms. The third kappa shape index (κ3) is 4.78. The molecule has 0 aliphatic carbocycles. The van der Waals surface area contributed by atoms with Crippen molar-refractivity contribution < 1.29 is 38.2 Å². The number of H-pyrrole nitrogens is 1. The van der Waals surface area contributed by atoms with Crippen LogP contribution in [0, 0.1) is 0 Å². The van der Waals surface area contributed by atoms with Gasteiger partial charge in [-0.25, -0.2) is 9.36 Å². The van der Waals surface area contributed by atoms with Crippen molar-refractivity contribution in [3.05, 3.63) is 33.1 Å². The number of aromatic amines is 1.